The van der Waals surface area contributed by atoms with E-state index in [0.29, 0.717) is 12.5 Å². The molecule has 0 saturated heterocycles. The summed E-state index contributed by atoms with van der Waals surface area (Å²) in [4.78, 5) is 36.8. The highest BCUT2D eigenvalue weighted by Gasteiger charge is 2.28. The molecule has 3 N–H and O–H groups in total. The predicted octanol–water partition coefficient (Wildman–Crippen LogP) is 2.09. The number of benzene rings is 2. The summed E-state index contributed by atoms with van der Waals surface area (Å²) in [6, 6.07) is 11.4. The number of rotatable bonds is 9. The van der Waals surface area contributed by atoms with Gasteiger partial charge >= 0.3 is 0 Å². The zero-order chi connectivity index (χ0) is 21.5. The first-order chi connectivity index (χ1) is 14.4. The van der Waals surface area contributed by atoms with Gasteiger partial charge in [-0.15, -0.1) is 0 Å². The van der Waals surface area contributed by atoms with E-state index in [4.69, 9.17) is 0 Å². The van der Waals surface area contributed by atoms with Gasteiger partial charge in [0, 0.05) is 31.5 Å². The van der Waals surface area contributed by atoms with Crippen molar-refractivity contribution in [3.63, 3.8) is 0 Å². The maximum Gasteiger partial charge on any atom is 0.254 e. The van der Waals surface area contributed by atoms with Crippen LogP contribution in [0.5, 0.6) is 0 Å². The van der Waals surface area contributed by atoms with Gasteiger partial charge in [-0.05, 0) is 30.5 Å². The molecule has 1 aliphatic rings. The Hall–Kier alpha value is -3.29. The van der Waals surface area contributed by atoms with Crippen LogP contribution in [-0.4, -0.2) is 36.3 Å². The first-order valence-corrected chi connectivity index (χ1v) is 9.79. The lowest BCUT2D eigenvalue weighted by atomic mass is 10.0. The van der Waals surface area contributed by atoms with Crippen LogP contribution >= 0.6 is 0 Å². The molecular formula is C22H23F2N3O3. The molecule has 1 aliphatic carbocycles. The minimum Gasteiger partial charge on any atom is -0.352 e. The van der Waals surface area contributed by atoms with Crippen LogP contribution in [0.3, 0.4) is 0 Å². The summed E-state index contributed by atoms with van der Waals surface area (Å²) in [6.07, 6.45) is 2.13. The monoisotopic (exact) mass is 415 g/mol. The average molecular weight is 415 g/mol. The van der Waals surface area contributed by atoms with Gasteiger partial charge in [-0.1, -0.05) is 30.3 Å². The Bertz CT molecular complexity index is 917. The van der Waals surface area contributed by atoms with E-state index in [1.165, 1.54) is 0 Å². The third kappa shape index (κ3) is 6.37. The Labute approximate surface area is 173 Å². The van der Waals surface area contributed by atoms with Gasteiger partial charge in [0.05, 0.1) is 5.56 Å². The van der Waals surface area contributed by atoms with Gasteiger partial charge in [0.1, 0.15) is 17.7 Å². The topological polar surface area (TPSA) is 87.3 Å². The van der Waals surface area contributed by atoms with E-state index < -0.39 is 29.5 Å². The lowest BCUT2D eigenvalue weighted by Crippen LogP contribution is -2.49. The Morgan fingerprint density at radius 1 is 1.03 bits per heavy atom. The van der Waals surface area contributed by atoms with Crippen LogP contribution in [0.1, 0.15) is 35.2 Å². The van der Waals surface area contributed by atoms with Crippen LogP contribution in [0, 0.1) is 11.6 Å². The van der Waals surface area contributed by atoms with E-state index in [0.717, 1.165) is 30.5 Å². The minimum atomic E-state index is -0.975. The van der Waals surface area contributed by atoms with Crippen molar-refractivity contribution in [2.75, 3.05) is 6.54 Å². The maximum atomic E-state index is 13.6. The first kappa shape index (κ1) is 21.4. The molecule has 0 radical (unpaired) electrons. The number of carbonyl (C=O) groups excluding carboxylic acids is 3. The Morgan fingerprint density at radius 2 is 1.77 bits per heavy atom. The number of carbonyl (C=O) groups is 3. The summed E-state index contributed by atoms with van der Waals surface area (Å²) < 4.78 is 26.6. The number of halogens is 2. The molecule has 3 rings (SSSR count). The molecule has 2 aromatic rings. The van der Waals surface area contributed by atoms with Gasteiger partial charge < -0.3 is 16.0 Å². The number of amides is 3. The van der Waals surface area contributed by atoms with Crippen LogP contribution < -0.4 is 16.0 Å². The highest BCUT2D eigenvalue weighted by Crippen LogP contribution is 2.19. The molecule has 0 heterocycles. The van der Waals surface area contributed by atoms with Crippen molar-refractivity contribution >= 4 is 17.7 Å². The zero-order valence-electron chi connectivity index (χ0n) is 16.3. The average Bonchev–Trinajstić information content (AvgIpc) is 3.52. The van der Waals surface area contributed by atoms with Crippen molar-refractivity contribution in [1.82, 2.24) is 16.0 Å². The molecule has 1 saturated carbocycles. The van der Waals surface area contributed by atoms with Crippen LogP contribution in [0.2, 0.25) is 0 Å². The van der Waals surface area contributed by atoms with E-state index in [1.807, 2.05) is 30.3 Å². The van der Waals surface area contributed by atoms with Crippen molar-refractivity contribution in [3.8, 4) is 0 Å². The van der Waals surface area contributed by atoms with Gasteiger partial charge in [0.15, 0.2) is 0 Å². The van der Waals surface area contributed by atoms with Gasteiger partial charge in [-0.25, -0.2) is 8.78 Å². The molecule has 158 valence electrons. The van der Waals surface area contributed by atoms with Crippen LogP contribution in [0.15, 0.2) is 48.5 Å². The highest BCUT2D eigenvalue weighted by atomic mass is 19.1. The fraction of sp³-hybridized carbons (Fsp3) is 0.318. The van der Waals surface area contributed by atoms with Crippen LogP contribution in [-0.2, 0) is 16.0 Å². The van der Waals surface area contributed by atoms with Crippen LogP contribution in [0.4, 0.5) is 8.78 Å². The number of hydrogen-bond donors (Lipinski definition) is 3. The van der Waals surface area contributed by atoms with Crippen molar-refractivity contribution < 1.29 is 23.2 Å². The molecular weight excluding hydrogens is 392 g/mol. The molecule has 1 unspecified atom stereocenters. The molecule has 3 amide bonds. The second-order valence-corrected chi connectivity index (χ2v) is 7.22. The molecule has 1 fully saturated rings. The minimum absolute atomic E-state index is 0.0518. The van der Waals surface area contributed by atoms with E-state index >= 15 is 0 Å². The number of hydrogen-bond acceptors (Lipinski definition) is 3. The molecule has 0 bridgehead atoms. The Morgan fingerprint density at radius 3 is 2.43 bits per heavy atom. The first-order valence-electron chi connectivity index (χ1n) is 9.79. The molecule has 2 aromatic carbocycles. The van der Waals surface area contributed by atoms with Gasteiger partial charge in [-0.2, -0.15) is 0 Å². The summed E-state index contributed by atoms with van der Waals surface area (Å²) in [7, 11) is 0. The molecule has 0 spiro atoms. The molecule has 0 aromatic heterocycles. The lowest BCUT2D eigenvalue weighted by molar-refractivity contribution is -0.129. The zero-order valence-corrected chi connectivity index (χ0v) is 16.3. The van der Waals surface area contributed by atoms with Crippen LogP contribution in [0.25, 0.3) is 0 Å². The second-order valence-electron chi connectivity index (χ2n) is 7.22. The molecule has 6 nitrogen and oxygen atoms in total. The molecule has 8 heteroatoms. The quantitative estimate of drug-likeness (QED) is 0.586. The van der Waals surface area contributed by atoms with E-state index in [-0.39, 0.29) is 30.5 Å². The van der Waals surface area contributed by atoms with Gasteiger partial charge in [0.25, 0.3) is 5.91 Å². The predicted molar refractivity (Wildman–Crippen MR) is 107 cm³/mol. The summed E-state index contributed by atoms with van der Waals surface area (Å²) in [5.41, 5.74) is 0.608. The van der Waals surface area contributed by atoms with Gasteiger partial charge in [-0.3, -0.25) is 14.4 Å². The third-order valence-electron chi connectivity index (χ3n) is 4.67. The number of nitrogens with one attached hydrogen (secondary N) is 3. The largest absolute Gasteiger partial charge is 0.352 e. The van der Waals surface area contributed by atoms with Crippen molar-refractivity contribution in [3.05, 3.63) is 71.3 Å². The van der Waals surface area contributed by atoms with Crippen molar-refractivity contribution in [2.24, 2.45) is 0 Å². The lowest BCUT2D eigenvalue weighted by Gasteiger charge is -2.19. The molecule has 1 atom stereocenters. The summed E-state index contributed by atoms with van der Waals surface area (Å²) in [6.45, 7) is -0.0518. The Kier molecular flexibility index (Phi) is 7.11. The van der Waals surface area contributed by atoms with E-state index in [1.54, 1.807) is 0 Å². The smallest absolute Gasteiger partial charge is 0.254 e. The highest BCUT2D eigenvalue weighted by molar-refractivity contribution is 5.94. The fourth-order valence-corrected chi connectivity index (χ4v) is 2.91. The normalized spacial score (nSPS) is 13.9. The standard InChI is InChI=1S/C22H23F2N3O3/c23-15-6-9-17(18(24)13-15)21(29)25-11-10-20(28)27-19(22(30)26-16-7-8-16)12-14-4-2-1-3-5-14/h1-6,9,13,16,19H,7-8,10-12H2,(H,25,29)(H,26,30)(H,27,28). The molecule has 0 aliphatic heterocycles. The van der Waals surface area contributed by atoms with Gasteiger partial charge in [0.2, 0.25) is 11.8 Å². The fourth-order valence-electron chi connectivity index (χ4n) is 2.91. The SMILES string of the molecule is O=C(CCNC(=O)c1ccc(F)cc1F)NC(Cc1ccccc1)C(=O)NC1CC1. The third-order valence-corrected chi connectivity index (χ3v) is 4.67. The second kappa shape index (κ2) is 9.96. The van der Waals surface area contributed by atoms with Crippen molar-refractivity contribution in [2.45, 2.75) is 37.8 Å². The summed E-state index contributed by atoms with van der Waals surface area (Å²) in [5, 5.41) is 8.02. The van der Waals surface area contributed by atoms with E-state index in [2.05, 4.69) is 16.0 Å². The molecule has 30 heavy (non-hydrogen) atoms. The van der Waals surface area contributed by atoms with E-state index in [9.17, 15) is 23.2 Å². The maximum absolute atomic E-state index is 13.6. The Balaban J connectivity index is 1.51. The van der Waals surface area contributed by atoms with Crippen molar-refractivity contribution in [1.29, 1.82) is 0 Å². The summed E-state index contributed by atoms with van der Waals surface area (Å²) >= 11 is 0. The summed E-state index contributed by atoms with van der Waals surface area (Å²) in [5.74, 6) is -3.16.